The van der Waals surface area contributed by atoms with Crippen molar-refractivity contribution in [2.75, 3.05) is 26.2 Å². The SMILES string of the molecule is CCc1nc(CN2CCCN(C(=O)CC3C=CCC3)CC2)cs1. The fraction of sp³-hybridized carbons (Fsp3) is 0.667. The van der Waals surface area contributed by atoms with Crippen molar-refractivity contribution >= 4 is 17.2 Å². The molecule has 1 fully saturated rings. The number of carbonyl (C=O) groups is 1. The normalized spacial score (nSPS) is 22.5. The maximum absolute atomic E-state index is 12.5. The maximum Gasteiger partial charge on any atom is 0.223 e. The lowest BCUT2D eigenvalue weighted by Crippen LogP contribution is -2.35. The molecule has 5 heteroatoms. The molecule has 1 unspecified atom stereocenters. The van der Waals surface area contributed by atoms with Crippen molar-refractivity contribution in [1.29, 1.82) is 0 Å². The summed E-state index contributed by atoms with van der Waals surface area (Å²) in [6.45, 7) is 6.86. The van der Waals surface area contributed by atoms with Crippen molar-refractivity contribution < 1.29 is 4.79 Å². The zero-order valence-corrected chi connectivity index (χ0v) is 14.9. The minimum Gasteiger partial charge on any atom is -0.341 e. The standard InChI is InChI=1S/C18H27N3OS/c1-2-17-19-16(14-23-17)13-20-8-5-9-21(11-10-20)18(22)12-15-6-3-4-7-15/h3,6,14-15H,2,4-5,7-13H2,1H3. The molecule has 0 radical (unpaired) electrons. The van der Waals surface area contributed by atoms with Gasteiger partial charge in [0.2, 0.25) is 5.91 Å². The second-order valence-electron chi connectivity index (χ2n) is 6.57. The third-order valence-electron chi connectivity index (χ3n) is 4.78. The van der Waals surface area contributed by atoms with Crippen molar-refractivity contribution in [2.24, 2.45) is 5.92 Å². The molecule has 1 amide bonds. The van der Waals surface area contributed by atoms with Crippen LogP contribution in [0.2, 0.25) is 0 Å². The topological polar surface area (TPSA) is 36.4 Å². The first-order valence-corrected chi connectivity index (χ1v) is 9.72. The number of aryl methyl sites for hydroxylation is 1. The van der Waals surface area contributed by atoms with Crippen molar-refractivity contribution in [3.8, 4) is 0 Å². The Morgan fingerprint density at radius 3 is 3.00 bits per heavy atom. The van der Waals surface area contributed by atoms with E-state index in [-0.39, 0.29) is 0 Å². The molecule has 0 aromatic carbocycles. The van der Waals surface area contributed by atoms with Gasteiger partial charge in [0.15, 0.2) is 0 Å². The molecule has 3 rings (SSSR count). The first kappa shape index (κ1) is 16.7. The van der Waals surface area contributed by atoms with Crippen molar-refractivity contribution in [1.82, 2.24) is 14.8 Å². The number of hydrogen-bond donors (Lipinski definition) is 0. The Bertz CT molecular complexity index is 554. The van der Waals surface area contributed by atoms with Crippen LogP contribution in [0.15, 0.2) is 17.5 Å². The Kier molecular flexibility index (Phi) is 5.84. The lowest BCUT2D eigenvalue weighted by molar-refractivity contribution is -0.131. The van der Waals surface area contributed by atoms with Gasteiger partial charge < -0.3 is 4.90 Å². The zero-order valence-electron chi connectivity index (χ0n) is 14.0. The molecule has 1 aliphatic carbocycles. The summed E-state index contributed by atoms with van der Waals surface area (Å²) in [5, 5.41) is 3.40. The van der Waals surface area contributed by atoms with Gasteiger partial charge in [0.1, 0.15) is 0 Å². The Hall–Kier alpha value is -1.20. The zero-order chi connectivity index (χ0) is 16.1. The van der Waals surface area contributed by atoms with Gasteiger partial charge in [-0.25, -0.2) is 4.98 Å². The summed E-state index contributed by atoms with van der Waals surface area (Å²) >= 11 is 1.76. The summed E-state index contributed by atoms with van der Waals surface area (Å²) in [7, 11) is 0. The van der Waals surface area contributed by atoms with Crippen LogP contribution in [0, 0.1) is 5.92 Å². The molecule has 126 valence electrons. The second kappa shape index (κ2) is 8.06. The molecular formula is C18H27N3OS. The molecule has 2 heterocycles. The number of carbonyl (C=O) groups excluding carboxylic acids is 1. The molecular weight excluding hydrogens is 306 g/mol. The predicted molar refractivity (Wildman–Crippen MR) is 94.4 cm³/mol. The van der Waals surface area contributed by atoms with Crippen LogP contribution in [-0.2, 0) is 17.8 Å². The van der Waals surface area contributed by atoms with Gasteiger partial charge in [0.05, 0.1) is 10.7 Å². The first-order valence-electron chi connectivity index (χ1n) is 8.84. The summed E-state index contributed by atoms with van der Waals surface area (Å²) in [4.78, 5) is 21.7. The van der Waals surface area contributed by atoms with E-state index in [0.717, 1.165) is 58.4 Å². The van der Waals surface area contributed by atoms with Crippen molar-refractivity contribution in [3.63, 3.8) is 0 Å². The summed E-state index contributed by atoms with van der Waals surface area (Å²) < 4.78 is 0. The number of allylic oxidation sites excluding steroid dienone is 2. The van der Waals surface area contributed by atoms with Gasteiger partial charge in [-0.3, -0.25) is 9.69 Å². The average molecular weight is 334 g/mol. The van der Waals surface area contributed by atoms with Gasteiger partial charge in [-0.2, -0.15) is 0 Å². The van der Waals surface area contributed by atoms with Crippen LogP contribution in [0.3, 0.4) is 0 Å². The van der Waals surface area contributed by atoms with E-state index in [0.29, 0.717) is 18.2 Å². The Morgan fingerprint density at radius 1 is 1.35 bits per heavy atom. The van der Waals surface area contributed by atoms with E-state index in [2.05, 4.69) is 39.2 Å². The van der Waals surface area contributed by atoms with Crippen LogP contribution in [0.5, 0.6) is 0 Å². The van der Waals surface area contributed by atoms with Gasteiger partial charge in [0.25, 0.3) is 0 Å². The second-order valence-corrected chi connectivity index (χ2v) is 7.51. The Balaban J connectivity index is 1.48. The van der Waals surface area contributed by atoms with E-state index < -0.39 is 0 Å². The molecule has 1 aromatic rings. The van der Waals surface area contributed by atoms with E-state index in [1.54, 1.807) is 11.3 Å². The van der Waals surface area contributed by atoms with Crippen LogP contribution in [0.1, 0.15) is 43.3 Å². The highest BCUT2D eigenvalue weighted by atomic mass is 32.1. The molecule has 1 saturated heterocycles. The molecule has 0 bridgehead atoms. The number of thiazole rings is 1. The molecule has 1 aliphatic heterocycles. The molecule has 1 aromatic heterocycles. The minimum absolute atomic E-state index is 0.338. The third kappa shape index (κ3) is 4.64. The van der Waals surface area contributed by atoms with E-state index >= 15 is 0 Å². The number of rotatable bonds is 5. The first-order chi connectivity index (χ1) is 11.2. The van der Waals surface area contributed by atoms with Gasteiger partial charge in [0, 0.05) is 44.5 Å². The van der Waals surface area contributed by atoms with Crippen LogP contribution < -0.4 is 0 Å². The largest absolute Gasteiger partial charge is 0.341 e. The van der Waals surface area contributed by atoms with Crippen LogP contribution in [-0.4, -0.2) is 46.9 Å². The molecule has 4 nitrogen and oxygen atoms in total. The maximum atomic E-state index is 12.5. The molecule has 0 spiro atoms. The van der Waals surface area contributed by atoms with Crippen LogP contribution in [0.4, 0.5) is 0 Å². The van der Waals surface area contributed by atoms with Crippen molar-refractivity contribution in [2.45, 2.75) is 45.6 Å². The predicted octanol–water partition coefficient (Wildman–Crippen LogP) is 3.10. The minimum atomic E-state index is 0.338. The number of hydrogen-bond acceptors (Lipinski definition) is 4. The Labute approximate surface area is 143 Å². The third-order valence-corrected chi connectivity index (χ3v) is 5.82. The summed E-state index contributed by atoms with van der Waals surface area (Å²) in [6.07, 6.45) is 9.49. The van der Waals surface area contributed by atoms with E-state index in [9.17, 15) is 4.79 Å². The molecule has 0 saturated carbocycles. The number of nitrogens with zero attached hydrogens (tertiary/aromatic N) is 3. The quantitative estimate of drug-likeness (QED) is 0.777. The summed E-state index contributed by atoms with van der Waals surface area (Å²) in [6, 6.07) is 0. The van der Waals surface area contributed by atoms with Gasteiger partial charge >= 0.3 is 0 Å². The monoisotopic (exact) mass is 333 g/mol. The number of amides is 1. The fourth-order valence-electron chi connectivity index (χ4n) is 3.41. The fourth-order valence-corrected chi connectivity index (χ4v) is 4.15. The van der Waals surface area contributed by atoms with Gasteiger partial charge in [-0.15, -0.1) is 11.3 Å². The van der Waals surface area contributed by atoms with E-state index in [4.69, 9.17) is 0 Å². The van der Waals surface area contributed by atoms with Crippen LogP contribution in [0.25, 0.3) is 0 Å². The summed E-state index contributed by atoms with van der Waals surface area (Å²) in [5.74, 6) is 0.814. The highest BCUT2D eigenvalue weighted by Gasteiger charge is 2.22. The smallest absolute Gasteiger partial charge is 0.223 e. The van der Waals surface area contributed by atoms with Gasteiger partial charge in [-0.05, 0) is 31.6 Å². The van der Waals surface area contributed by atoms with Crippen molar-refractivity contribution in [3.05, 3.63) is 28.2 Å². The van der Waals surface area contributed by atoms with E-state index in [1.165, 1.54) is 10.7 Å². The Morgan fingerprint density at radius 2 is 2.26 bits per heavy atom. The molecule has 23 heavy (non-hydrogen) atoms. The highest BCUT2D eigenvalue weighted by Crippen LogP contribution is 2.22. The van der Waals surface area contributed by atoms with Crippen LogP contribution >= 0.6 is 11.3 Å². The van der Waals surface area contributed by atoms with E-state index in [1.807, 2.05) is 0 Å². The molecule has 2 aliphatic rings. The lowest BCUT2D eigenvalue weighted by atomic mass is 10.0. The van der Waals surface area contributed by atoms with Gasteiger partial charge in [-0.1, -0.05) is 19.1 Å². The molecule has 0 N–H and O–H groups in total. The summed E-state index contributed by atoms with van der Waals surface area (Å²) in [5.41, 5.74) is 1.18. The highest BCUT2D eigenvalue weighted by molar-refractivity contribution is 7.09. The number of aromatic nitrogens is 1. The average Bonchev–Trinajstić information content (AvgIpc) is 3.16. The molecule has 1 atom stereocenters. The lowest BCUT2D eigenvalue weighted by Gasteiger charge is -2.22.